The van der Waals surface area contributed by atoms with Crippen molar-refractivity contribution < 1.29 is 4.79 Å². The van der Waals surface area contributed by atoms with Gasteiger partial charge in [-0.15, -0.1) is 0 Å². The Labute approximate surface area is 115 Å². The van der Waals surface area contributed by atoms with Crippen LogP contribution in [0.3, 0.4) is 0 Å². The summed E-state index contributed by atoms with van der Waals surface area (Å²) >= 11 is 6.32. The molecule has 1 atom stereocenters. The summed E-state index contributed by atoms with van der Waals surface area (Å²) in [5.41, 5.74) is 7.60. The van der Waals surface area contributed by atoms with Crippen molar-refractivity contribution in [3.63, 3.8) is 0 Å². The first-order valence-electron chi connectivity index (χ1n) is 4.99. The molecule has 1 unspecified atom stereocenters. The van der Waals surface area contributed by atoms with Crippen molar-refractivity contribution >= 4 is 46.8 Å². The van der Waals surface area contributed by atoms with Gasteiger partial charge in [0.05, 0.1) is 6.04 Å². The molecule has 88 valence electrons. The Balaban J connectivity index is 2.58. The van der Waals surface area contributed by atoms with Gasteiger partial charge < -0.3 is 11.1 Å². The summed E-state index contributed by atoms with van der Waals surface area (Å²) in [4.78, 5) is 11.5. The van der Waals surface area contributed by atoms with Crippen LogP contribution >= 0.6 is 35.2 Å². The lowest BCUT2D eigenvalue weighted by Gasteiger charge is -2.10. The van der Waals surface area contributed by atoms with Crippen LogP contribution in [0.5, 0.6) is 0 Å². The molecule has 0 aliphatic heterocycles. The molecule has 16 heavy (non-hydrogen) atoms. The zero-order chi connectivity index (χ0) is 12.0. The highest BCUT2D eigenvalue weighted by atomic mass is 127. The van der Waals surface area contributed by atoms with Gasteiger partial charge in [0.2, 0.25) is 5.91 Å². The number of anilines is 1. The Kier molecular flexibility index (Phi) is 6.15. The maximum absolute atomic E-state index is 11.5. The van der Waals surface area contributed by atoms with Crippen molar-refractivity contribution in [2.75, 3.05) is 15.5 Å². The van der Waals surface area contributed by atoms with Crippen LogP contribution in [0.25, 0.3) is 0 Å². The van der Waals surface area contributed by atoms with E-state index in [2.05, 4.69) is 40.5 Å². The number of nitrogens with one attached hydrogen (secondary N) is 1. The number of nitrogens with two attached hydrogens (primary N) is 1. The normalized spacial score (nSPS) is 12.2. The highest BCUT2D eigenvalue weighted by Crippen LogP contribution is 2.11. The fourth-order valence-corrected chi connectivity index (χ4v) is 1.97. The van der Waals surface area contributed by atoms with Crippen molar-refractivity contribution in [3.05, 3.63) is 29.8 Å². The third-order valence-electron chi connectivity index (χ3n) is 2.14. The number of carbonyl (C=O) groups excluding carboxylic acids is 1. The smallest absolute Gasteiger partial charge is 0.242 e. The summed E-state index contributed by atoms with van der Waals surface area (Å²) in [5, 5.41) is 2.75. The molecule has 5 heteroatoms. The molecule has 0 bridgehead atoms. The van der Waals surface area contributed by atoms with Gasteiger partial charge in [0.25, 0.3) is 0 Å². The van der Waals surface area contributed by atoms with Crippen molar-refractivity contribution in [1.82, 2.24) is 0 Å². The van der Waals surface area contributed by atoms with Gasteiger partial charge in [-0.1, -0.05) is 34.7 Å². The average molecular weight is 350 g/mol. The predicted octanol–water partition coefficient (Wildman–Crippen LogP) is 1.86. The molecule has 1 aromatic carbocycles. The third-order valence-corrected chi connectivity index (χ3v) is 3.07. The van der Waals surface area contributed by atoms with E-state index < -0.39 is 6.04 Å². The number of benzene rings is 1. The van der Waals surface area contributed by atoms with E-state index in [-0.39, 0.29) is 5.91 Å². The number of halogens is 1. The summed E-state index contributed by atoms with van der Waals surface area (Å²) in [5.74, 6) is 0.148. The molecule has 0 saturated carbocycles. The number of thiol groups is 1. The van der Waals surface area contributed by atoms with E-state index in [1.807, 2.05) is 24.3 Å². The number of amides is 1. The van der Waals surface area contributed by atoms with E-state index >= 15 is 0 Å². The van der Waals surface area contributed by atoms with Gasteiger partial charge in [-0.3, -0.25) is 4.79 Å². The molecule has 0 fully saturated rings. The van der Waals surface area contributed by atoms with E-state index in [1.54, 1.807) is 0 Å². The molecule has 0 radical (unpaired) electrons. The minimum absolute atomic E-state index is 0.198. The van der Waals surface area contributed by atoms with Gasteiger partial charge in [0.15, 0.2) is 0 Å². The van der Waals surface area contributed by atoms with Crippen LogP contribution < -0.4 is 11.1 Å². The van der Waals surface area contributed by atoms with Crippen LogP contribution in [0.2, 0.25) is 0 Å². The number of rotatable bonds is 5. The molecule has 0 saturated heterocycles. The van der Waals surface area contributed by atoms with Crippen LogP contribution in [-0.4, -0.2) is 22.1 Å². The second-order valence-electron chi connectivity index (χ2n) is 3.41. The lowest BCUT2D eigenvalue weighted by molar-refractivity contribution is -0.116. The number of aryl methyl sites for hydroxylation is 1. The van der Waals surface area contributed by atoms with Gasteiger partial charge in [0.1, 0.15) is 0 Å². The van der Waals surface area contributed by atoms with E-state index in [0.29, 0.717) is 5.75 Å². The zero-order valence-electron chi connectivity index (χ0n) is 8.82. The molecule has 3 N–H and O–H groups in total. The van der Waals surface area contributed by atoms with E-state index in [0.717, 1.165) is 16.5 Å². The van der Waals surface area contributed by atoms with E-state index in [9.17, 15) is 4.79 Å². The molecule has 3 nitrogen and oxygen atoms in total. The monoisotopic (exact) mass is 350 g/mol. The summed E-state index contributed by atoms with van der Waals surface area (Å²) in [6, 6.07) is 7.26. The summed E-state index contributed by atoms with van der Waals surface area (Å²) < 4.78 is 1.09. The summed E-state index contributed by atoms with van der Waals surface area (Å²) in [7, 11) is 0. The molecule has 0 spiro atoms. The maximum Gasteiger partial charge on any atom is 0.242 e. The molecule has 0 aliphatic rings. The first-order chi connectivity index (χ1) is 7.67. The maximum atomic E-state index is 11.5. The van der Waals surface area contributed by atoms with Crippen LogP contribution in [0.4, 0.5) is 5.69 Å². The number of hydrogen-bond donors (Lipinski definition) is 3. The second kappa shape index (κ2) is 7.13. The highest BCUT2D eigenvalue weighted by Gasteiger charge is 2.10. The number of carbonyl (C=O) groups is 1. The minimum Gasteiger partial charge on any atom is -0.325 e. The quantitative estimate of drug-likeness (QED) is 0.431. The SMILES string of the molecule is NC(CS)C(=O)Nc1ccc(CCI)cc1. The molecule has 0 heterocycles. The van der Waals surface area contributed by atoms with E-state index in [1.165, 1.54) is 5.56 Å². The van der Waals surface area contributed by atoms with Crippen molar-refractivity contribution in [3.8, 4) is 0 Å². The van der Waals surface area contributed by atoms with Crippen LogP contribution in [0, 0.1) is 0 Å². The van der Waals surface area contributed by atoms with Crippen LogP contribution in [0.15, 0.2) is 24.3 Å². The Morgan fingerprint density at radius 2 is 2.06 bits per heavy atom. The Morgan fingerprint density at radius 1 is 1.44 bits per heavy atom. The fourth-order valence-electron chi connectivity index (χ4n) is 1.18. The molecule has 1 aromatic rings. The van der Waals surface area contributed by atoms with Gasteiger partial charge in [-0.05, 0) is 24.1 Å². The summed E-state index contributed by atoms with van der Waals surface area (Å²) in [6.07, 6.45) is 1.05. The number of alkyl halides is 1. The Bertz CT molecular complexity index is 342. The fraction of sp³-hybridized carbons (Fsp3) is 0.364. The van der Waals surface area contributed by atoms with Crippen molar-refractivity contribution in [2.45, 2.75) is 12.5 Å². The zero-order valence-corrected chi connectivity index (χ0v) is 11.9. The Morgan fingerprint density at radius 3 is 2.56 bits per heavy atom. The second-order valence-corrected chi connectivity index (χ2v) is 4.86. The highest BCUT2D eigenvalue weighted by molar-refractivity contribution is 14.1. The topological polar surface area (TPSA) is 55.1 Å². The minimum atomic E-state index is -0.558. The summed E-state index contributed by atoms with van der Waals surface area (Å²) in [6.45, 7) is 0. The molecule has 1 rings (SSSR count). The molecular formula is C11H15IN2OS. The van der Waals surface area contributed by atoms with Crippen LogP contribution in [-0.2, 0) is 11.2 Å². The first kappa shape index (κ1) is 13.8. The lowest BCUT2D eigenvalue weighted by Crippen LogP contribution is -2.37. The average Bonchev–Trinajstić information content (AvgIpc) is 2.31. The standard InChI is InChI=1S/C11H15IN2OS/c12-6-5-8-1-3-9(4-2-8)14-11(15)10(13)7-16/h1-4,10,16H,5-7,13H2,(H,14,15). The van der Waals surface area contributed by atoms with Crippen molar-refractivity contribution in [2.24, 2.45) is 5.73 Å². The first-order valence-corrected chi connectivity index (χ1v) is 7.15. The van der Waals surface area contributed by atoms with Crippen LogP contribution in [0.1, 0.15) is 5.56 Å². The predicted molar refractivity (Wildman–Crippen MR) is 79.5 cm³/mol. The molecule has 0 aliphatic carbocycles. The number of hydrogen-bond acceptors (Lipinski definition) is 3. The van der Waals surface area contributed by atoms with Gasteiger partial charge in [0, 0.05) is 15.9 Å². The molecular weight excluding hydrogens is 335 g/mol. The lowest BCUT2D eigenvalue weighted by atomic mass is 10.1. The van der Waals surface area contributed by atoms with Gasteiger partial charge in [-0.25, -0.2) is 0 Å². The van der Waals surface area contributed by atoms with Gasteiger partial charge in [-0.2, -0.15) is 12.6 Å². The molecule has 1 amide bonds. The third kappa shape index (κ3) is 4.31. The molecule has 0 aromatic heterocycles. The van der Waals surface area contributed by atoms with E-state index in [4.69, 9.17) is 5.73 Å². The largest absolute Gasteiger partial charge is 0.325 e. The van der Waals surface area contributed by atoms with Crippen molar-refractivity contribution in [1.29, 1.82) is 0 Å². The van der Waals surface area contributed by atoms with Gasteiger partial charge >= 0.3 is 0 Å². The Hall–Kier alpha value is -0.270.